The molecule has 0 saturated heterocycles. The molecule has 0 aromatic heterocycles. The molecule has 2 aromatic rings. The van der Waals surface area contributed by atoms with Crippen molar-refractivity contribution < 1.29 is 14.6 Å². The summed E-state index contributed by atoms with van der Waals surface area (Å²) >= 11 is 12.2. The first kappa shape index (κ1) is 23.0. The van der Waals surface area contributed by atoms with Crippen LogP contribution < -0.4 is 0 Å². The lowest BCUT2D eigenvalue weighted by Gasteiger charge is -2.32. The molecule has 2 atom stereocenters. The highest BCUT2D eigenvalue weighted by Gasteiger charge is 2.41. The molecule has 0 bridgehead atoms. The molecule has 3 rings (SSSR count). The summed E-state index contributed by atoms with van der Waals surface area (Å²) in [5, 5.41) is 10.6. The number of hydrogen-bond acceptors (Lipinski definition) is 3. The molecule has 0 radical (unpaired) electrons. The number of carboxylic acid groups (broad SMARTS) is 1. The molecule has 7 heteroatoms. The van der Waals surface area contributed by atoms with Gasteiger partial charge in [0, 0.05) is 10.0 Å². The van der Waals surface area contributed by atoms with Crippen molar-refractivity contribution >= 4 is 41.6 Å². The van der Waals surface area contributed by atoms with E-state index in [-0.39, 0.29) is 12.4 Å². The normalized spacial score (nSPS) is 19.2. The van der Waals surface area contributed by atoms with Crippen LogP contribution in [-0.2, 0) is 21.7 Å². The zero-order chi connectivity index (χ0) is 19.6. The van der Waals surface area contributed by atoms with E-state index in [1.165, 1.54) is 0 Å². The van der Waals surface area contributed by atoms with Crippen molar-refractivity contribution in [2.75, 3.05) is 13.6 Å². The molecular formula is C21H24Cl3NO3. The van der Waals surface area contributed by atoms with Gasteiger partial charge in [-0.25, -0.2) is 0 Å². The van der Waals surface area contributed by atoms with Crippen LogP contribution in [-0.4, -0.2) is 35.6 Å². The molecule has 0 amide bonds. The van der Waals surface area contributed by atoms with Crippen molar-refractivity contribution in [2.45, 2.75) is 38.0 Å². The van der Waals surface area contributed by atoms with Crippen LogP contribution in [0.2, 0.25) is 10.0 Å². The number of aliphatic carboxylic acids is 1. The van der Waals surface area contributed by atoms with Crippen LogP contribution in [0.4, 0.5) is 0 Å². The van der Waals surface area contributed by atoms with E-state index >= 15 is 0 Å². The third kappa shape index (κ3) is 4.64. The topological polar surface area (TPSA) is 49.8 Å². The number of nitrogens with zero attached hydrogens (tertiary/aromatic N) is 1. The van der Waals surface area contributed by atoms with Gasteiger partial charge in [-0.2, -0.15) is 0 Å². The Morgan fingerprint density at radius 2 is 1.86 bits per heavy atom. The van der Waals surface area contributed by atoms with Gasteiger partial charge in [0.05, 0.1) is 6.61 Å². The third-order valence-electron chi connectivity index (χ3n) is 5.35. The maximum atomic E-state index is 11.2. The summed E-state index contributed by atoms with van der Waals surface area (Å²) in [6, 6.07) is 13.1. The Morgan fingerprint density at radius 3 is 2.50 bits per heavy atom. The zero-order valence-corrected chi connectivity index (χ0v) is 18.2. The van der Waals surface area contributed by atoms with Crippen LogP contribution in [0.25, 0.3) is 0 Å². The van der Waals surface area contributed by atoms with E-state index in [0.717, 1.165) is 29.5 Å². The molecule has 1 aliphatic heterocycles. The summed E-state index contributed by atoms with van der Waals surface area (Å²) < 4.78 is 6.35. The van der Waals surface area contributed by atoms with Crippen molar-refractivity contribution in [1.29, 1.82) is 0 Å². The van der Waals surface area contributed by atoms with Crippen LogP contribution in [0.5, 0.6) is 0 Å². The fraction of sp³-hybridized carbons (Fsp3) is 0.381. The molecule has 1 aliphatic rings. The average molecular weight is 445 g/mol. The fourth-order valence-electron chi connectivity index (χ4n) is 3.62. The lowest BCUT2D eigenvalue weighted by molar-refractivity contribution is -0.142. The van der Waals surface area contributed by atoms with Crippen molar-refractivity contribution in [3.63, 3.8) is 0 Å². The minimum atomic E-state index is -0.818. The van der Waals surface area contributed by atoms with Crippen LogP contribution in [0, 0.1) is 0 Å². The molecule has 0 aliphatic carbocycles. The summed E-state index contributed by atoms with van der Waals surface area (Å²) in [4.78, 5) is 13.0. The van der Waals surface area contributed by atoms with Crippen molar-refractivity contribution in [1.82, 2.24) is 4.90 Å². The molecular weight excluding hydrogens is 421 g/mol. The predicted molar refractivity (Wildman–Crippen MR) is 115 cm³/mol. The smallest absolute Gasteiger partial charge is 0.320 e. The minimum Gasteiger partial charge on any atom is -0.480 e. The zero-order valence-electron chi connectivity index (χ0n) is 15.8. The second-order valence-corrected chi connectivity index (χ2v) is 7.90. The standard InChI is InChI=1S/C21H23Cl2NO3.ClH/c1-14(20(25)26)24(2)11-3-10-21(16-4-6-17(22)7-5-16)19-9-8-18(23)12-15(19)13-27-21;/h4-9,12,14H,3,10-11,13H2,1-2H3,(H,25,26);1H/t14-,21?;/m0./s1. The van der Waals surface area contributed by atoms with Gasteiger partial charge in [-0.05, 0) is 74.3 Å². The van der Waals surface area contributed by atoms with Gasteiger partial charge in [-0.3, -0.25) is 9.69 Å². The molecule has 1 heterocycles. The van der Waals surface area contributed by atoms with Gasteiger partial charge in [0.2, 0.25) is 0 Å². The van der Waals surface area contributed by atoms with Gasteiger partial charge < -0.3 is 9.84 Å². The molecule has 2 aromatic carbocycles. The quantitative estimate of drug-likeness (QED) is 0.623. The number of hydrogen-bond donors (Lipinski definition) is 1. The van der Waals surface area contributed by atoms with Gasteiger partial charge >= 0.3 is 5.97 Å². The lowest BCUT2D eigenvalue weighted by Crippen LogP contribution is -2.37. The van der Waals surface area contributed by atoms with Gasteiger partial charge in [0.25, 0.3) is 0 Å². The third-order valence-corrected chi connectivity index (χ3v) is 5.83. The fourth-order valence-corrected chi connectivity index (χ4v) is 3.94. The molecule has 1 N–H and O–H groups in total. The second-order valence-electron chi connectivity index (χ2n) is 7.02. The highest BCUT2D eigenvalue weighted by molar-refractivity contribution is 6.30. The summed E-state index contributed by atoms with van der Waals surface area (Å²) in [5.74, 6) is -0.818. The van der Waals surface area contributed by atoms with Crippen LogP contribution in [0.3, 0.4) is 0 Å². The first-order valence-corrected chi connectivity index (χ1v) is 9.71. The highest BCUT2D eigenvalue weighted by Crippen LogP contribution is 2.46. The average Bonchev–Trinajstić information content (AvgIpc) is 3.00. The lowest BCUT2D eigenvalue weighted by atomic mass is 9.82. The molecule has 0 saturated carbocycles. The maximum Gasteiger partial charge on any atom is 0.320 e. The van der Waals surface area contributed by atoms with E-state index in [4.69, 9.17) is 27.9 Å². The second kappa shape index (κ2) is 9.47. The number of benzene rings is 2. The number of ether oxygens (including phenoxy) is 1. The Hall–Kier alpha value is -1.30. The van der Waals surface area contributed by atoms with E-state index in [0.29, 0.717) is 23.2 Å². The molecule has 0 fully saturated rings. The largest absolute Gasteiger partial charge is 0.480 e. The highest BCUT2D eigenvalue weighted by atomic mass is 35.5. The molecule has 0 spiro atoms. The summed E-state index contributed by atoms with van der Waals surface area (Å²) in [6.45, 7) is 2.86. The summed E-state index contributed by atoms with van der Waals surface area (Å²) in [7, 11) is 1.83. The first-order chi connectivity index (χ1) is 12.8. The van der Waals surface area contributed by atoms with E-state index in [9.17, 15) is 9.90 Å². The van der Waals surface area contributed by atoms with E-state index in [1.807, 2.05) is 54.4 Å². The maximum absolute atomic E-state index is 11.2. The number of carbonyl (C=O) groups is 1. The van der Waals surface area contributed by atoms with E-state index < -0.39 is 17.6 Å². The molecule has 4 nitrogen and oxygen atoms in total. The van der Waals surface area contributed by atoms with Crippen molar-refractivity contribution in [3.8, 4) is 0 Å². The molecule has 28 heavy (non-hydrogen) atoms. The summed E-state index contributed by atoms with van der Waals surface area (Å²) in [5.41, 5.74) is 2.67. The SMILES string of the molecule is C[C@@H](C(=O)O)N(C)CCCC1(c2ccc(Cl)cc2)OCc2cc(Cl)ccc21.Cl. The summed E-state index contributed by atoms with van der Waals surface area (Å²) in [6.07, 6.45) is 1.53. The van der Waals surface area contributed by atoms with Crippen molar-refractivity contribution in [3.05, 3.63) is 69.2 Å². The van der Waals surface area contributed by atoms with Gasteiger partial charge in [0.1, 0.15) is 11.6 Å². The number of rotatable bonds is 7. The van der Waals surface area contributed by atoms with Crippen molar-refractivity contribution in [2.24, 2.45) is 0 Å². The Kier molecular flexibility index (Phi) is 7.77. The van der Waals surface area contributed by atoms with Gasteiger partial charge in [-0.1, -0.05) is 41.4 Å². The molecule has 152 valence electrons. The Bertz CT molecular complexity index is 828. The Labute approximate surface area is 181 Å². The number of likely N-dealkylation sites (N-methyl/N-ethyl adjacent to an activating group) is 1. The monoisotopic (exact) mass is 443 g/mol. The van der Waals surface area contributed by atoms with Crippen LogP contribution in [0.15, 0.2) is 42.5 Å². The van der Waals surface area contributed by atoms with Gasteiger partial charge in [0.15, 0.2) is 0 Å². The van der Waals surface area contributed by atoms with E-state index in [1.54, 1.807) is 6.92 Å². The number of fused-ring (bicyclic) bond motifs is 1. The minimum absolute atomic E-state index is 0. The molecule has 1 unspecified atom stereocenters. The Morgan fingerprint density at radius 1 is 1.21 bits per heavy atom. The predicted octanol–water partition coefficient (Wildman–Crippen LogP) is 5.37. The van der Waals surface area contributed by atoms with E-state index in [2.05, 4.69) is 0 Å². The first-order valence-electron chi connectivity index (χ1n) is 8.95. The number of halogens is 3. The van der Waals surface area contributed by atoms with Crippen LogP contribution >= 0.6 is 35.6 Å². The van der Waals surface area contributed by atoms with Crippen LogP contribution in [0.1, 0.15) is 36.5 Å². The Balaban J connectivity index is 0.00000280. The number of carboxylic acids is 1. The van der Waals surface area contributed by atoms with Gasteiger partial charge in [-0.15, -0.1) is 12.4 Å².